The van der Waals surface area contributed by atoms with Gasteiger partial charge in [0, 0.05) is 32.9 Å². The fourth-order valence-corrected chi connectivity index (χ4v) is 1.80. The molecular weight excluding hydrogens is 218 g/mol. The lowest BCUT2D eigenvalue weighted by Crippen LogP contribution is -2.47. The van der Waals surface area contributed by atoms with Crippen LogP contribution in [0.5, 0.6) is 0 Å². The van der Waals surface area contributed by atoms with Gasteiger partial charge in [-0.25, -0.2) is 10.8 Å². The molecule has 0 radical (unpaired) electrons. The van der Waals surface area contributed by atoms with E-state index in [0.29, 0.717) is 12.4 Å². The molecule has 2 rings (SSSR count). The lowest BCUT2D eigenvalue weighted by molar-refractivity contribution is -0.134. The number of pyridine rings is 1. The third-order valence-corrected chi connectivity index (χ3v) is 2.92. The van der Waals surface area contributed by atoms with Crippen LogP contribution < -0.4 is 11.3 Å². The molecule has 17 heavy (non-hydrogen) atoms. The minimum Gasteiger partial charge on any atom is -0.343 e. The Kier molecular flexibility index (Phi) is 3.55. The largest absolute Gasteiger partial charge is 0.343 e. The van der Waals surface area contributed by atoms with Crippen LogP contribution in [0.4, 0.5) is 5.82 Å². The van der Waals surface area contributed by atoms with Crippen LogP contribution in [-0.4, -0.2) is 47.4 Å². The summed E-state index contributed by atoms with van der Waals surface area (Å²) in [5.41, 5.74) is 3.57. The second-order valence-corrected chi connectivity index (χ2v) is 4.22. The normalized spacial score (nSPS) is 17.3. The number of amides is 1. The molecule has 1 aliphatic rings. The number of nitrogens with two attached hydrogens (primary N) is 1. The van der Waals surface area contributed by atoms with Crippen molar-refractivity contribution in [2.75, 3.05) is 32.1 Å². The van der Waals surface area contributed by atoms with E-state index >= 15 is 0 Å². The van der Waals surface area contributed by atoms with E-state index in [-0.39, 0.29) is 5.91 Å². The molecule has 1 saturated heterocycles. The predicted molar refractivity (Wildman–Crippen MR) is 65.0 cm³/mol. The van der Waals surface area contributed by atoms with E-state index in [2.05, 4.69) is 15.3 Å². The van der Waals surface area contributed by atoms with Gasteiger partial charge >= 0.3 is 0 Å². The van der Waals surface area contributed by atoms with Gasteiger partial charge in [-0.05, 0) is 11.6 Å². The molecule has 0 aliphatic carbocycles. The van der Waals surface area contributed by atoms with Crippen molar-refractivity contribution in [3.8, 4) is 0 Å². The van der Waals surface area contributed by atoms with Gasteiger partial charge in [0.15, 0.2) is 0 Å². The molecule has 0 spiro atoms. The first kappa shape index (κ1) is 11.8. The minimum absolute atomic E-state index is 0.171. The highest BCUT2D eigenvalue weighted by Crippen LogP contribution is 2.09. The number of hydrogen-bond acceptors (Lipinski definition) is 5. The summed E-state index contributed by atoms with van der Waals surface area (Å²) in [4.78, 5) is 19.6. The summed E-state index contributed by atoms with van der Waals surface area (Å²) in [5.74, 6) is 6.06. The van der Waals surface area contributed by atoms with Crippen LogP contribution in [0.15, 0.2) is 18.3 Å². The van der Waals surface area contributed by atoms with E-state index in [9.17, 15) is 4.79 Å². The Morgan fingerprint density at radius 2 is 2.29 bits per heavy atom. The first-order valence-corrected chi connectivity index (χ1v) is 5.57. The van der Waals surface area contributed by atoms with E-state index < -0.39 is 0 Å². The maximum Gasteiger partial charge on any atom is 0.236 e. The van der Waals surface area contributed by atoms with Gasteiger partial charge in [0.1, 0.15) is 5.82 Å². The molecule has 0 unspecified atom stereocenters. The highest BCUT2D eigenvalue weighted by Gasteiger charge is 2.20. The van der Waals surface area contributed by atoms with Crippen molar-refractivity contribution in [2.24, 2.45) is 5.84 Å². The standard InChI is InChI=1S/C11H17N5O/c1-15-4-5-16(8-11(15)17)7-9-2-3-10(14-12)13-6-9/h2-3,6H,4-5,7-8,12H2,1H3,(H,13,14). The molecule has 6 heteroatoms. The Balaban J connectivity index is 1.94. The van der Waals surface area contributed by atoms with Gasteiger partial charge in [0.25, 0.3) is 0 Å². The van der Waals surface area contributed by atoms with E-state index in [1.807, 2.05) is 19.2 Å². The second-order valence-electron chi connectivity index (χ2n) is 4.22. The number of aromatic nitrogens is 1. The lowest BCUT2D eigenvalue weighted by Gasteiger charge is -2.31. The van der Waals surface area contributed by atoms with Crippen molar-refractivity contribution in [3.05, 3.63) is 23.9 Å². The van der Waals surface area contributed by atoms with Crippen LogP contribution in [0, 0.1) is 0 Å². The quantitative estimate of drug-likeness (QED) is 0.553. The number of carbonyl (C=O) groups excluding carboxylic acids is 1. The van der Waals surface area contributed by atoms with Gasteiger partial charge in [0.05, 0.1) is 6.54 Å². The van der Waals surface area contributed by atoms with Gasteiger partial charge in [0.2, 0.25) is 5.91 Å². The molecule has 92 valence electrons. The number of nitrogen functional groups attached to an aromatic ring is 1. The van der Waals surface area contributed by atoms with Crippen molar-refractivity contribution in [1.29, 1.82) is 0 Å². The maximum atomic E-state index is 11.5. The Hall–Kier alpha value is -1.66. The molecule has 1 aromatic rings. The maximum absolute atomic E-state index is 11.5. The molecule has 6 nitrogen and oxygen atoms in total. The van der Waals surface area contributed by atoms with E-state index in [1.165, 1.54) is 0 Å². The first-order chi connectivity index (χ1) is 8.19. The molecule has 3 N–H and O–H groups in total. The summed E-state index contributed by atoms with van der Waals surface area (Å²) in [6.07, 6.45) is 1.78. The second kappa shape index (κ2) is 5.11. The highest BCUT2D eigenvalue weighted by molar-refractivity contribution is 5.78. The van der Waals surface area contributed by atoms with Gasteiger partial charge < -0.3 is 10.3 Å². The fraction of sp³-hybridized carbons (Fsp3) is 0.455. The zero-order valence-corrected chi connectivity index (χ0v) is 9.89. The Morgan fingerprint density at radius 1 is 1.47 bits per heavy atom. The zero-order chi connectivity index (χ0) is 12.3. The SMILES string of the molecule is CN1CCN(Cc2ccc(NN)nc2)CC1=O. The van der Waals surface area contributed by atoms with Crippen LogP contribution in [-0.2, 0) is 11.3 Å². The number of hydrogen-bond donors (Lipinski definition) is 2. The minimum atomic E-state index is 0.171. The molecule has 0 aromatic carbocycles. The van der Waals surface area contributed by atoms with Crippen molar-refractivity contribution in [2.45, 2.75) is 6.54 Å². The summed E-state index contributed by atoms with van der Waals surface area (Å²) in [6.45, 7) is 2.92. The number of piperazine rings is 1. The van der Waals surface area contributed by atoms with Crippen LogP contribution in [0.1, 0.15) is 5.56 Å². The Bertz CT molecular complexity index is 391. The predicted octanol–water partition coefficient (Wildman–Crippen LogP) is -0.359. The van der Waals surface area contributed by atoms with Gasteiger partial charge in [-0.2, -0.15) is 0 Å². The van der Waals surface area contributed by atoms with E-state index in [4.69, 9.17) is 5.84 Å². The molecule has 2 heterocycles. The molecular formula is C11H17N5O. The molecule has 1 fully saturated rings. The number of nitrogens with one attached hydrogen (secondary N) is 1. The number of hydrazine groups is 1. The monoisotopic (exact) mass is 235 g/mol. The number of carbonyl (C=O) groups is 1. The summed E-state index contributed by atoms with van der Waals surface area (Å²) in [6, 6.07) is 3.79. The van der Waals surface area contributed by atoms with E-state index in [1.54, 1.807) is 11.1 Å². The summed E-state index contributed by atoms with van der Waals surface area (Å²) in [5, 5.41) is 0. The van der Waals surface area contributed by atoms with Crippen LogP contribution in [0.3, 0.4) is 0 Å². The first-order valence-electron chi connectivity index (χ1n) is 5.57. The lowest BCUT2D eigenvalue weighted by atomic mass is 10.2. The molecule has 1 aromatic heterocycles. The van der Waals surface area contributed by atoms with Gasteiger partial charge in [-0.1, -0.05) is 6.07 Å². The fourth-order valence-electron chi connectivity index (χ4n) is 1.80. The van der Waals surface area contributed by atoms with Gasteiger partial charge in [-0.3, -0.25) is 9.69 Å². The van der Waals surface area contributed by atoms with E-state index in [0.717, 1.165) is 25.2 Å². The summed E-state index contributed by atoms with van der Waals surface area (Å²) in [7, 11) is 1.84. The van der Waals surface area contributed by atoms with Gasteiger partial charge in [-0.15, -0.1) is 0 Å². The summed E-state index contributed by atoms with van der Waals surface area (Å²) < 4.78 is 0. The average Bonchev–Trinajstić information content (AvgIpc) is 2.35. The number of rotatable bonds is 3. The number of anilines is 1. The number of likely N-dealkylation sites (N-methyl/N-ethyl adjacent to an activating group) is 1. The van der Waals surface area contributed by atoms with Crippen molar-refractivity contribution >= 4 is 11.7 Å². The number of nitrogens with zero attached hydrogens (tertiary/aromatic N) is 3. The molecule has 1 aliphatic heterocycles. The Morgan fingerprint density at radius 3 is 2.88 bits per heavy atom. The van der Waals surface area contributed by atoms with Crippen LogP contribution in [0.25, 0.3) is 0 Å². The zero-order valence-electron chi connectivity index (χ0n) is 9.89. The third-order valence-electron chi connectivity index (χ3n) is 2.92. The average molecular weight is 235 g/mol. The van der Waals surface area contributed by atoms with Crippen molar-refractivity contribution < 1.29 is 4.79 Å². The third kappa shape index (κ3) is 2.92. The van der Waals surface area contributed by atoms with Crippen LogP contribution >= 0.6 is 0 Å². The molecule has 0 saturated carbocycles. The van der Waals surface area contributed by atoms with Crippen molar-refractivity contribution in [3.63, 3.8) is 0 Å². The Labute approximate surface area is 100 Å². The highest BCUT2D eigenvalue weighted by atomic mass is 16.2. The smallest absolute Gasteiger partial charge is 0.236 e. The molecule has 0 bridgehead atoms. The molecule has 1 amide bonds. The van der Waals surface area contributed by atoms with Crippen molar-refractivity contribution in [1.82, 2.24) is 14.8 Å². The topological polar surface area (TPSA) is 74.5 Å². The van der Waals surface area contributed by atoms with Crippen LogP contribution in [0.2, 0.25) is 0 Å². The summed E-state index contributed by atoms with van der Waals surface area (Å²) >= 11 is 0. The molecule has 0 atom stereocenters.